The monoisotopic (exact) mass is 367 g/mol. The lowest BCUT2D eigenvalue weighted by Gasteiger charge is -2.33. The van der Waals surface area contributed by atoms with E-state index in [0.29, 0.717) is 18.9 Å². The van der Waals surface area contributed by atoms with Crippen molar-refractivity contribution in [3.8, 4) is 0 Å². The third-order valence-electron chi connectivity index (χ3n) is 5.64. The molecule has 2 aliphatic heterocycles. The Morgan fingerprint density at radius 3 is 2.65 bits per heavy atom. The number of aliphatic carboxylic acids is 1. The van der Waals surface area contributed by atoms with Crippen molar-refractivity contribution in [3.63, 3.8) is 0 Å². The maximum atomic E-state index is 12.7. The smallest absolute Gasteiger partial charge is 0.305 e. The van der Waals surface area contributed by atoms with Gasteiger partial charge in [0.15, 0.2) is 0 Å². The van der Waals surface area contributed by atoms with Gasteiger partial charge in [0.1, 0.15) is 0 Å². The Morgan fingerprint density at radius 1 is 1.27 bits per heavy atom. The lowest BCUT2D eigenvalue weighted by atomic mass is 9.86. The van der Waals surface area contributed by atoms with Gasteiger partial charge in [0, 0.05) is 18.5 Å². The van der Waals surface area contributed by atoms with Crippen LogP contribution in [0.5, 0.6) is 0 Å². The Hall–Kier alpha value is -1.63. The normalized spacial score (nSPS) is 22.9. The molecular weight excluding hydrogens is 334 g/mol. The molecule has 0 spiro atoms. The van der Waals surface area contributed by atoms with Crippen molar-refractivity contribution < 1.29 is 19.5 Å². The lowest BCUT2D eigenvalue weighted by Crippen LogP contribution is -2.48. The summed E-state index contributed by atoms with van der Waals surface area (Å²) < 4.78 is 0. The summed E-state index contributed by atoms with van der Waals surface area (Å²) >= 11 is 0. The van der Waals surface area contributed by atoms with Gasteiger partial charge in [-0.3, -0.25) is 14.4 Å². The first-order chi connectivity index (χ1) is 12.5. The van der Waals surface area contributed by atoms with Crippen LogP contribution >= 0.6 is 0 Å². The molecule has 2 heterocycles. The van der Waals surface area contributed by atoms with E-state index < -0.39 is 5.97 Å². The minimum Gasteiger partial charge on any atom is -0.481 e. The van der Waals surface area contributed by atoms with Gasteiger partial charge in [0.25, 0.3) is 0 Å². The van der Waals surface area contributed by atoms with E-state index in [1.165, 1.54) is 12.8 Å². The van der Waals surface area contributed by atoms with Gasteiger partial charge >= 0.3 is 5.97 Å². The first-order valence-corrected chi connectivity index (χ1v) is 10.00. The number of hydrogen-bond donors (Lipinski definition) is 3. The molecule has 0 bridgehead atoms. The SMILES string of the molecule is CCC(CC(=O)O)NC(=O)CN1CCCC(CCC2CCNCC2)C1=O. The zero-order valence-corrected chi connectivity index (χ0v) is 15.8. The first kappa shape index (κ1) is 20.7. The maximum Gasteiger partial charge on any atom is 0.305 e. The lowest BCUT2D eigenvalue weighted by molar-refractivity contribution is -0.143. The second-order valence-electron chi connectivity index (χ2n) is 7.64. The van der Waals surface area contributed by atoms with Crippen LogP contribution < -0.4 is 10.6 Å². The fraction of sp³-hybridized carbons (Fsp3) is 0.842. The summed E-state index contributed by atoms with van der Waals surface area (Å²) in [6.07, 6.45) is 6.71. The second-order valence-corrected chi connectivity index (χ2v) is 7.64. The molecule has 3 N–H and O–H groups in total. The number of carbonyl (C=O) groups excluding carboxylic acids is 2. The standard InChI is InChI=1S/C19H33N3O4/c1-2-16(12-18(24)25)21-17(23)13-22-11-3-4-15(19(22)26)6-5-14-7-9-20-10-8-14/h14-16,20H,2-13H2,1H3,(H,21,23)(H,24,25). The summed E-state index contributed by atoms with van der Waals surface area (Å²) in [4.78, 5) is 37.4. The van der Waals surface area contributed by atoms with Crippen LogP contribution in [0.2, 0.25) is 0 Å². The zero-order valence-electron chi connectivity index (χ0n) is 15.8. The second kappa shape index (κ2) is 10.5. The molecule has 148 valence electrons. The molecule has 2 amide bonds. The first-order valence-electron chi connectivity index (χ1n) is 10.00. The third-order valence-corrected chi connectivity index (χ3v) is 5.64. The van der Waals surface area contributed by atoms with Crippen LogP contribution in [0.4, 0.5) is 0 Å². The highest BCUT2D eigenvalue weighted by Gasteiger charge is 2.30. The van der Waals surface area contributed by atoms with E-state index >= 15 is 0 Å². The molecule has 7 nitrogen and oxygen atoms in total. The molecule has 2 fully saturated rings. The van der Waals surface area contributed by atoms with Crippen LogP contribution in [-0.4, -0.2) is 60.0 Å². The van der Waals surface area contributed by atoms with Gasteiger partial charge in [-0.2, -0.15) is 0 Å². The molecule has 2 rings (SSSR count). The molecule has 2 saturated heterocycles. The largest absolute Gasteiger partial charge is 0.481 e. The molecular formula is C19H33N3O4. The molecule has 0 aromatic rings. The number of amides is 2. The number of nitrogens with one attached hydrogen (secondary N) is 2. The molecule has 0 radical (unpaired) electrons. The number of nitrogens with zero attached hydrogens (tertiary/aromatic N) is 1. The number of hydrogen-bond acceptors (Lipinski definition) is 4. The van der Waals surface area contributed by atoms with E-state index in [2.05, 4.69) is 10.6 Å². The van der Waals surface area contributed by atoms with Crippen molar-refractivity contribution in [2.75, 3.05) is 26.2 Å². The van der Waals surface area contributed by atoms with E-state index in [1.54, 1.807) is 4.90 Å². The summed E-state index contributed by atoms with van der Waals surface area (Å²) in [5.41, 5.74) is 0. The highest BCUT2D eigenvalue weighted by Crippen LogP contribution is 2.27. The molecule has 0 aliphatic carbocycles. The number of rotatable bonds is 9. The Kier molecular flexibility index (Phi) is 8.35. The summed E-state index contributed by atoms with van der Waals surface area (Å²) in [6.45, 7) is 4.65. The Morgan fingerprint density at radius 2 is 2.00 bits per heavy atom. The Labute approximate surface area is 155 Å². The van der Waals surface area contributed by atoms with Crippen LogP contribution in [0.25, 0.3) is 0 Å². The van der Waals surface area contributed by atoms with Gasteiger partial charge in [0.2, 0.25) is 11.8 Å². The predicted octanol–water partition coefficient (Wildman–Crippen LogP) is 1.37. The Balaban J connectivity index is 1.78. The number of carbonyl (C=O) groups is 3. The Bertz CT molecular complexity index is 491. The highest BCUT2D eigenvalue weighted by atomic mass is 16.4. The summed E-state index contributed by atoms with van der Waals surface area (Å²) in [6, 6.07) is -0.379. The predicted molar refractivity (Wildman–Crippen MR) is 98.6 cm³/mol. The van der Waals surface area contributed by atoms with E-state index in [4.69, 9.17) is 5.11 Å². The quantitative estimate of drug-likeness (QED) is 0.572. The number of piperidine rings is 2. The fourth-order valence-corrected chi connectivity index (χ4v) is 4.01. The number of carboxylic acids is 1. The molecule has 0 aromatic carbocycles. The van der Waals surface area contributed by atoms with Gasteiger partial charge in [-0.1, -0.05) is 6.92 Å². The van der Waals surface area contributed by atoms with E-state index in [9.17, 15) is 14.4 Å². The van der Waals surface area contributed by atoms with Crippen LogP contribution in [0.1, 0.15) is 58.3 Å². The van der Waals surface area contributed by atoms with Gasteiger partial charge in [-0.15, -0.1) is 0 Å². The molecule has 26 heavy (non-hydrogen) atoms. The van der Waals surface area contributed by atoms with Gasteiger partial charge < -0.3 is 20.6 Å². The van der Waals surface area contributed by atoms with Gasteiger partial charge in [0.05, 0.1) is 13.0 Å². The molecule has 2 unspecified atom stereocenters. The van der Waals surface area contributed by atoms with E-state index in [1.807, 2.05) is 6.92 Å². The van der Waals surface area contributed by atoms with Gasteiger partial charge in [-0.25, -0.2) is 0 Å². The van der Waals surface area contributed by atoms with Gasteiger partial charge in [-0.05, 0) is 64.0 Å². The van der Waals surface area contributed by atoms with Crippen molar-refractivity contribution >= 4 is 17.8 Å². The molecule has 0 aromatic heterocycles. The summed E-state index contributed by atoms with van der Waals surface area (Å²) in [5.74, 6) is -0.349. The highest BCUT2D eigenvalue weighted by molar-refractivity contribution is 5.86. The van der Waals surface area contributed by atoms with Crippen molar-refractivity contribution in [1.29, 1.82) is 0 Å². The third kappa shape index (κ3) is 6.59. The molecule has 7 heteroatoms. The van der Waals surface area contributed by atoms with Crippen molar-refractivity contribution in [3.05, 3.63) is 0 Å². The van der Waals surface area contributed by atoms with Crippen LogP contribution in [0.3, 0.4) is 0 Å². The van der Waals surface area contributed by atoms with Crippen LogP contribution in [0.15, 0.2) is 0 Å². The topological polar surface area (TPSA) is 98.7 Å². The fourth-order valence-electron chi connectivity index (χ4n) is 4.01. The average Bonchev–Trinajstić information content (AvgIpc) is 2.62. The van der Waals surface area contributed by atoms with Crippen LogP contribution in [-0.2, 0) is 14.4 Å². The summed E-state index contributed by atoms with van der Waals surface area (Å²) in [5, 5.41) is 15.0. The van der Waals surface area contributed by atoms with E-state index in [0.717, 1.165) is 38.8 Å². The average molecular weight is 367 g/mol. The summed E-state index contributed by atoms with van der Waals surface area (Å²) in [7, 11) is 0. The molecule has 0 saturated carbocycles. The van der Waals surface area contributed by atoms with Crippen molar-refractivity contribution in [2.24, 2.45) is 11.8 Å². The van der Waals surface area contributed by atoms with Crippen LogP contribution in [0, 0.1) is 11.8 Å². The number of carboxylic acid groups (broad SMARTS) is 1. The maximum absolute atomic E-state index is 12.7. The minimum absolute atomic E-state index is 0.0347. The molecule has 2 aliphatic rings. The number of likely N-dealkylation sites (tertiary alicyclic amines) is 1. The van der Waals surface area contributed by atoms with Crippen molar-refractivity contribution in [1.82, 2.24) is 15.5 Å². The minimum atomic E-state index is -0.927. The zero-order chi connectivity index (χ0) is 18.9. The molecule has 2 atom stereocenters. The van der Waals surface area contributed by atoms with E-state index in [-0.39, 0.29) is 36.7 Å². The van der Waals surface area contributed by atoms with Crippen molar-refractivity contribution in [2.45, 2.75) is 64.3 Å².